The lowest BCUT2D eigenvalue weighted by molar-refractivity contribution is 0.100. The van der Waals surface area contributed by atoms with Crippen molar-refractivity contribution in [2.45, 2.75) is 0 Å². The molecule has 5 heteroatoms. The Labute approximate surface area is 155 Å². The Morgan fingerprint density at radius 1 is 0.889 bits per heavy atom. The minimum atomic E-state index is -0.520. The second-order valence-corrected chi connectivity index (χ2v) is 6.14. The van der Waals surface area contributed by atoms with Crippen LogP contribution in [0.4, 0.5) is 5.69 Å². The van der Waals surface area contributed by atoms with Gasteiger partial charge in [-0.15, -0.1) is 0 Å². The molecule has 0 aliphatic rings. The highest BCUT2D eigenvalue weighted by atomic mass is 16.3. The average molecular weight is 355 g/mol. The van der Waals surface area contributed by atoms with Gasteiger partial charge in [-0.1, -0.05) is 54.6 Å². The van der Waals surface area contributed by atoms with Crippen molar-refractivity contribution >= 4 is 28.2 Å². The van der Waals surface area contributed by atoms with E-state index in [2.05, 4.69) is 4.98 Å². The van der Waals surface area contributed by atoms with Crippen LogP contribution in [-0.2, 0) is 0 Å². The zero-order chi connectivity index (χ0) is 18.8. The number of nitrogens with two attached hydrogens (primary N) is 1. The summed E-state index contributed by atoms with van der Waals surface area (Å²) in [5, 5.41) is 11.4. The second-order valence-electron chi connectivity index (χ2n) is 6.14. The topological polar surface area (TPSA) is 91.5 Å². The Kier molecular flexibility index (Phi) is 4.18. The number of nitrogens with zero attached hydrogens (tertiary/aromatic N) is 1. The number of carbonyl (C=O) groups is 1. The number of primary amides is 1. The van der Waals surface area contributed by atoms with Crippen molar-refractivity contribution in [1.29, 1.82) is 0 Å². The number of aromatic nitrogens is 1. The molecule has 0 fully saturated rings. The monoisotopic (exact) mass is 355 g/mol. The van der Waals surface area contributed by atoms with E-state index in [1.165, 1.54) is 0 Å². The van der Waals surface area contributed by atoms with E-state index in [1.54, 1.807) is 18.2 Å². The smallest absolute Gasteiger partial charge is 0.248 e. The fourth-order valence-corrected chi connectivity index (χ4v) is 3.07. The molecule has 1 aromatic heterocycles. The molecule has 1 amide bonds. The van der Waals surface area contributed by atoms with Gasteiger partial charge in [0.1, 0.15) is 0 Å². The number of carbonyl (C=O) groups excluding carboxylic acids is 1. The summed E-state index contributed by atoms with van der Waals surface area (Å²) >= 11 is 0. The van der Waals surface area contributed by atoms with Crippen molar-refractivity contribution in [1.82, 2.24) is 4.98 Å². The lowest BCUT2D eigenvalue weighted by Gasteiger charge is -2.08. The van der Waals surface area contributed by atoms with Crippen molar-refractivity contribution in [3.05, 3.63) is 95.6 Å². The molecule has 4 aromatic rings. The molecule has 4 rings (SSSR count). The molecule has 0 spiro atoms. The summed E-state index contributed by atoms with van der Waals surface area (Å²) in [5.74, 6) is -0.529. The van der Waals surface area contributed by atoms with Gasteiger partial charge >= 0.3 is 0 Å². The van der Waals surface area contributed by atoms with E-state index in [0.717, 1.165) is 16.6 Å². The van der Waals surface area contributed by atoms with Crippen LogP contribution in [0.15, 0.2) is 83.9 Å². The predicted octanol–water partition coefficient (Wildman–Crippen LogP) is 4.14. The van der Waals surface area contributed by atoms with Crippen LogP contribution >= 0.6 is 0 Å². The van der Waals surface area contributed by atoms with Gasteiger partial charge in [-0.05, 0) is 24.3 Å². The quantitative estimate of drug-likeness (QED) is 0.480. The molecule has 5 nitrogen and oxygen atoms in total. The minimum absolute atomic E-state index is 0.00912. The molecule has 0 radical (unpaired) electrons. The van der Waals surface area contributed by atoms with Gasteiger partial charge in [0.2, 0.25) is 5.91 Å². The molecule has 0 unspecified atom stereocenters. The Morgan fingerprint density at radius 3 is 2.22 bits per heavy atom. The molecule has 0 aliphatic heterocycles. The molecule has 3 aromatic carbocycles. The van der Waals surface area contributed by atoms with Gasteiger partial charge < -0.3 is 15.8 Å². The van der Waals surface area contributed by atoms with E-state index in [9.17, 15) is 9.90 Å². The van der Waals surface area contributed by atoms with Crippen LogP contribution in [0.2, 0.25) is 0 Å². The first-order valence-electron chi connectivity index (χ1n) is 8.47. The Balaban J connectivity index is 1.97. The number of rotatable bonds is 4. The van der Waals surface area contributed by atoms with Gasteiger partial charge in [0, 0.05) is 22.0 Å². The first-order chi connectivity index (χ1) is 13.1. The van der Waals surface area contributed by atoms with Crippen LogP contribution in [0, 0.1) is 0 Å². The number of fused-ring (bicyclic) bond motifs is 1. The maximum absolute atomic E-state index is 11.5. The maximum Gasteiger partial charge on any atom is 0.248 e. The SMILES string of the molecule is NC(=O)c1ccc2c(C(=Nc3ccccc3)c3ccccc3)c(O)[nH]c2c1. The summed E-state index contributed by atoms with van der Waals surface area (Å²) in [6, 6.07) is 24.3. The standard InChI is InChI=1S/C22H17N3O2/c23-21(26)15-11-12-17-18(13-15)25-22(27)19(17)20(14-7-3-1-4-8-14)24-16-9-5-2-6-10-16/h1-13,25,27H,(H2,23,26). The van der Waals surface area contributed by atoms with Crippen LogP contribution in [0.1, 0.15) is 21.5 Å². The van der Waals surface area contributed by atoms with E-state index in [0.29, 0.717) is 22.4 Å². The molecular weight excluding hydrogens is 338 g/mol. The largest absolute Gasteiger partial charge is 0.494 e. The third-order valence-electron chi connectivity index (χ3n) is 4.34. The van der Waals surface area contributed by atoms with Crippen LogP contribution in [0.3, 0.4) is 0 Å². The summed E-state index contributed by atoms with van der Waals surface area (Å²) in [5.41, 5.74) is 9.22. The number of para-hydroxylation sites is 1. The maximum atomic E-state index is 11.5. The van der Waals surface area contributed by atoms with Crippen molar-refractivity contribution in [3.8, 4) is 5.88 Å². The number of aliphatic imine (C=N–C) groups is 1. The minimum Gasteiger partial charge on any atom is -0.494 e. The zero-order valence-electron chi connectivity index (χ0n) is 14.4. The van der Waals surface area contributed by atoms with Crippen molar-refractivity contribution in [2.24, 2.45) is 10.7 Å². The lowest BCUT2D eigenvalue weighted by Crippen LogP contribution is -2.10. The molecule has 4 N–H and O–H groups in total. The van der Waals surface area contributed by atoms with E-state index in [-0.39, 0.29) is 5.88 Å². The number of hydrogen-bond acceptors (Lipinski definition) is 3. The van der Waals surface area contributed by atoms with Crippen molar-refractivity contribution in [3.63, 3.8) is 0 Å². The molecule has 0 atom stereocenters. The molecular formula is C22H17N3O2. The first-order valence-corrected chi connectivity index (χ1v) is 8.47. The van der Waals surface area contributed by atoms with E-state index in [1.807, 2.05) is 60.7 Å². The highest BCUT2D eigenvalue weighted by molar-refractivity contribution is 6.22. The normalized spacial score (nSPS) is 11.6. The summed E-state index contributed by atoms with van der Waals surface area (Å²) in [6.07, 6.45) is 0. The van der Waals surface area contributed by atoms with Gasteiger partial charge in [-0.2, -0.15) is 0 Å². The van der Waals surface area contributed by atoms with Gasteiger partial charge in [-0.25, -0.2) is 4.99 Å². The zero-order valence-corrected chi connectivity index (χ0v) is 14.4. The number of aromatic hydroxyl groups is 1. The number of benzene rings is 3. The summed E-state index contributed by atoms with van der Waals surface area (Å²) in [7, 11) is 0. The van der Waals surface area contributed by atoms with Crippen LogP contribution < -0.4 is 5.73 Å². The summed E-state index contributed by atoms with van der Waals surface area (Å²) in [4.78, 5) is 19.2. The molecule has 0 saturated carbocycles. The number of amides is 1. The fourth-order valence-electron chi connectivity index (χ4n) is 3.07. The lowest BCUT2D eigenvalue weighted by atomic mass is 10.00. The average Bonchev–Trinajstić information content (AvgIpc) is 3.02. The molecule has 132 valence electrons. The van der Waals surface area contributed by atoms with Crippen molar-refractivity contribution < 1.29 is 9.90 Å². The van der Waals surface area contributed by atoms with Gasteiger partial charge in [0.15, 0.2) is 5.88 Å². The van der Waals surface area contributed by atoms with Gasteiger partial charge in [-0.3, -0.25) is 4.79 Å². The highest BCUT2D eigenvalue weighted by Crippen LogP contribution is 2.32. The molecule has 0 bridgehead atoms. The Hall–Kier alpha value is -3.86. The third-order valence-corrected chi connectivity index (χ3v) is 4.34. The first kappa shape index (κ1) is 16.6. The van der Waals surface area contributed by atoms with Crippen molar-refractivity contribution in [2.75, 3.05) is 0 Å². The van der Waals surface area contributed by atoms with E-state index in [4.69, 9.17) is 10.7 Å². The van der Waals surface area contributed by atoms with Crippen LogP contribution in [-0.4, -0.2) is 21.7 Å². The van der Waals surface area contributed by atoms with Crippen LogP contribution in [0.25, 0.3) is 10.9 Å². The summed E-state index contributed by atoms with van der Waals surface area (Å²) < 4.78 is 0. The fraction of sp³-hybridized carbons (Fsp3) is 0. The second kappa shape index (κ2) is 6.80. The predicted molar refractivity (Wildman–Crippen MR) is 107 cm³/mol. The third kappa shape index (κ3) is 3.18. The Bertz CT molecular complexity index is 1150. The Morgan fingerprint density at radius 2 is 1.56 bits per heavy atom. The van der Waals surface area contributed by atoms with Gasteiger partial charge in [0.25, 0.3) is 0 Å². The molecule has 1 heterocycles. The number of H-pyrrole nitrogens is 1. The van der Waals surface area contributed by atoms with Gasteiger partial charge in [0.05, 0.1) is 17.0 Å². The summed E-state index contributed by atoms with van der Waals surface area (Å²) in [6.45, 7) is 0. The van der Waals surface area contributed by atoms with E-state index >= 15 is 0 Å². The highest BCUT2D eigenvalue weighted by Gasteiger charge is 2.19. The van der Waals surface area contributed by atoms with Crippen LogP contribution in [0.5, 0.6) is 5.88 Å². The molecule has 27 heavy (non-hydrogen) atoms. The van der Waals surface area contributed by atoms with E-state index < -0.39 is 5.91 Å². The molecule has 0 aliphatic carbocycles. The number of aromatic amines is 1. The number of nitrogens with one attached hydrogen (secondary N) is 1. The molecule has 0 saturated heterocycles. The number of hydrogen-bond donors (Lipinski definition) is 3.